The Hall–Kier alpha value is -2.36. The molecule has 0 radical (unpaired) electrons. The first kappa shape index (κ1) is 25.3. The summed E-state index contributed by atoms with van der Waals surface area (Å²) in [5.41, 5.74) is 3.65. The summed E-state index contributed by atoms with van der Waals surface area (Å²) in [6.45, 7) is 4.07. The van der Waals surface area contributed by atoms with Crippen LogP contribution in [0.2, 0.25) is 0 Å². The largest absolute Gasteiger partial charge is 0.395 e. The number of nitrogens with one attached hydrogen (secondary N) is 2. The van der Waals surface area contributed by atoms with Crippen molar-refractivity contribution in [2.75, 3.05) is 18.5 Å². The molecule has 2 bridgehead atoms. The van der Waals surface area contributed by atoms with Gasteiger partial charge in [0.1, 0.15) is 6.04 Å². The fraction of sp³-hybridized carbons (Fsp3) is 0.444. The lowest BCUT2D eigenvalue weighted by atomic mass is 9.70. The number of nitrogens with zero attached hydrogens (tertiary/aromatic N) is 1. The van der Waals surface area contributed by atoms with Gasteiger partial charge in [0.15, 0.2) is 0 Å². The highest BCUT2D eigenvalue weighted by molar-refractivity contribution is 9.09. The molecule has 3 heterocycles. The lowest BCUT2D eigenvalue weighted by molar-refractivity contribution is -0.139. The normalized spacial score (nSPS) is 30.4. The van der Waals surface area contributed by atoms with Crippen molar-refractivity contribution in [2.45, 2.75) is 47.7 Å². The number of carbonyl (C=O) groups is 3. The average molecular weight is 573 g/mol. The summed E-state index contributed by atoms with van der Waals surface area (Å²) in [6, 6.07) is 14.7. The van der Waals surface area contributed by atoms with Crippen molar-refractivity contribution >= 4 is 51.1 Å². The topological polar surface area (TPSA) is 98.7 Å². The Morgan fingerprint density at radius 1 is 1.17 bits per heavy atom. The summed E-state index contributed by atoms with van der Waals surface area (Å²) in [7, 11) is 0. The van der Waals surface area contributed by atoms with Crippen LogP contribution in [-0.2, 0) is 20.9 Å². The van der Waals surface area contributed by atoms with Gasteiger partial charge in [-0.2, -0.15) is 0 Å². The molecular weight excluding hydrogens is 542 g/mol. The van der Waals surface area contributed by atoms with Crippen LogP contribution in [0.15, 0.2) is 48.5 Å². The van der Waals surface area contributed by atoms with Crippen molar-refractivity contribution in [1.29, 1.82) is 0 Å². The summed E-state index contributed by atoms with van der Waals surface area (Å²) in [5.74, 6) is -1.83. The fourth-order valence-electron chi connectivity index (χ4n) is 6.05. The van der Waals surface area contributed by atoms with Crippen LogP contribution < -0.4 is 10.6 Å². The molecule has 2 aromatic rings. The van der Waals surface area contributed by atoms with Crippen molar-refractivity contribution in [3.05, 3.63) is 65.2 Å². The van der Waals surface area contributed by atoms with Gasteiger partial charge >= 0.3 is 0 Å². The van der Waals surface area contributed by atoms with E-state index in [0.717, 1.165) is 16.7 Å². The highest BCUT2D eigenvalue weighted by Crippen LogP contribution is 2.67. The number of likely N-dealkylation sites (tertiary alicyclic amines) is 1. The maximum Gasteiger partial charge on any atom is 0.248 e. The number of aliphatic hydroxyl groups excluding tert-OH is 1. The van der Waals surface area contributed by atoms with Gasteiger partial charge in [-0.15, -0.1) is 11.8 Å². The third kappa shape index (κ3) is 4.15. The molecule has 7 nitrogen and oxygen atoms in total. The van der Waals surface area contributed by atoms with E-state index in [1.807, 2.05) is 62.4 Å². The van der Waals surface area contributed by atoms with Gasteiger partial charge in [-0.1, -0.05) is 58.4 Å². The molecule has 5 rings (SSSR count). The molecule has 3 fully saturated rings. The molecule has 3 amide bonds. The van der Waals surface area contributed by atoms with Crippen LogP contribution in [0.1, 0.15) is 23.1 Å². The van der Waals surface area contributed by atoms with Crippen LogP contribution in [0.5, 0.6) is 0 Å². The minimum Gasteiger partial charge on any atom is -0.395 e. The zero-order valence-corrected chi connectivity index (χ0v) is 22.6. The third-order valence-electron chi connectivity index (χ3n) is 7.64. The predicted molar refractivity (Wildman–Crippen MR) is 144 cm³/mol. The van der Waals surface area contributed by atoms with Crippen molar-refractivity contribution in [3.8, 4) is 0 Å². The highest BCUT2D eigenvalue weighted by atomic mass is 79.9. The van der Waals surface area contributed by atoms with E-state index in [1.54, 1.807) is 11.8 Å². The number of aliphatic hydroxyl groups is 1. The van der Waals surface area contributed by atoms with Gasteiger partial charge in [0.05, 0.1) is 23.2 Å². The van der Waals surface area contributed by atoms with E-state index < -0.39 is 22.6 Å². The quantitative estimate of drug-likeness (QED) is 0.444. The minimum atomic E-state index is -0.774. The number of alkyl halides is 1. The van der Waals surface area contributed by atoms with Crippen molar-refractivity contribution in [3.63, 3.8) is 0 Å². The maximum atomic E-state index is 13.8. The molecule has 6 atom stereocenters. The molecule has 0 aliphatic carbocycles. The van der Waals surface area contributed by atoms with Gasteiger partial charge in [-0.3, -0.25) is 14.4 Å². The van der Waals surface area contributed by atoms with Crippen LogP contribution in [0.3, 0.4) is 0 Å². The van der Waals surface area contributed by atoms with Gasteiger partial charge in [-0.05, 0) is 43.0 Å². The van der Waals surface area contributed by atoms with Crippen molar-refractivity contribution in [1.82, 2.24) is 10.2 Å². The van der Waals surface area contributed by atoms with E-state index in [-0.39, 0.29) is 41.0 Å². The Bertz CT molecular complexity index is 1190. The number of anilines is 1. The first-order valence-corrected chi connectivity index (χ1v) is 14.0. The van der Waals surface area contributed by atoms with E-state index in [4.69, 9.17) is 0 Å². The van der Waals surface area contributed by atoms with Crippen LogP contribution >= 0.6 is 27.7 Å². The van der Waals surface area contributed by atoms with Gasteiger partial charge in [-0.25, -0.2) is 0 Å². The Kier molecular flexibility index (Phi) is 6.91. The second-order valence-corrected chi connectivity index (χ2v) is 12.6. The zero-order chi connectivity index (χ0) is 25.6. The Balaban J connectivity index is 1.45. The summed E-state index contributed by atoms with van der Waals surface area (Å²) in [6.07, 6.45) is 0.605. The summed E-state index contributed by atoms with van der Waals surface area (Å²) >= 11 is 5.35. The smallest absolute Gasteiger partial charge is 0.248 e. The van der Waals surface area contributed by atoms with E-state index in [9.17, 15) is 19.5 Å². The molecule has 36 heavy (non-hydrogen) atoms. The SMILES string of the molecule is Cc1ccc(C)c(NC(=O)C2N(CCO)C(=O)[C@@H]3[C@@H](C(=O)NCc4ccccc4)[C@@H]4SC23CC4Br)c1. The number of rotatable bonds is 7. The van der Waals surface area contributed by atoms with Crippen LogP contribution in [0, 0.1) is 25.7 Å². The van der Waals surface area contributed by atoms with Crippen LogP contribution in [0.25, 0.3) is 0 Å². The van der Waals surface area contributed by atoms with Crippen LogP contribution in [0.4, 0.5) is 5.69 Å². The molecule has 0 aromatic heterocycles. The lowest BCUT2D eigenvalue weighted by Gasteiger charge is -2.35. The molecule has 3 unspecified atom stereocenters. The molecule has 1 spiro atoms. The standard InChI is InChI=1S/C27H30BrN3O4S/c1-15-8-9-16(2)19(12-15)30-25(34)23-27-13-18(28)22(36-27)20(21(27)26(35)31(23)10-11-32)24(33)29-14-17-6-4-3-5-7-17/h3-9,12,18,20-23,32H,10-11,13-14H2,1-2H3,(H,29,33)(H,30,34)/t18?,20-,21+,22-,23?,27?/m1/s1. The Morgan fingerprint density at radius 3 is 2.64 bits per heavy atom. The van der Waals surface area contributed by atoms with E-state index in [0.29, 0.717) is 18.7 Å². The van der Waals surface area contributed by atoms with E-state index in [2.05, 4.69) is 26.6 Å². The zero-order valence-electron chi connectivity index (χ0n) is 20.2. The average Bonchev–Trinajstić information content (AvgIpc) is 3.44. The monoisotopic (exact) mass is 571 g/mol. The van der Waals surface area contributed by atoms with E-state index >= 15 is 0 Å². The van der Waals surface area contributed by atoms with Gasteiger partial charge < -0.3 is 20.6 Å². The molecule has 3 aliphatic rings. The number of aryl methyl sites for hydroxylation is 2. The molecule has 2 aromatic carbocycles. The summed E-state index contributed by atoms with van der Waals surface area (Å²) in [5, 5.41) is 15.7. The molecular formula is C27H30BrN3O4S. The molecule has 0 saturated carbocycles. The van der Waals surface area contributed by atoms with Gasteiger partial charge in [0, 0.05) is 28.9 Å². The fourth-order valence-corrected chi connectivity index (χ4v) is 9.67. The highest BCUT2D eigenvalue weighted by Gasteiger charge is 2.75. The maximum absolute atomic E-state index is 13.8. The number of amides is 3. The number of benzene rings is 2. The number of fused-ring (bicyclic) bond motifs is 1. The molecule has 3 saturated heterocycles. The number of thioether (sulfide) groups is 1. The number of halogens is 1. The Morgan fingerprint density at radius 2 is 1.92 bits per heavy atom. The predicted octanol–water partition coefficient (Wildman–Crippen LogP) is 3.02. The minimum absolute atomic E-state index is 0.00380. The third-order valence-corrected chi connectivity index (χ3v) is 10.9. The molecule has 3 N–H and O–H groups in total. The molecule has 3 aliphatic heterocycles. The Labute approximate surface area is 223 Å². The number of carbonyl (C=O) groups excluding carboxylic acids is 3. The second kappa shape index (κ2) is 9.84. The number of β-amino-alcohol motifs (C(OH)–C–C–N with tert-alkyl or cyclic N) is 1. The number of hydrogen-bond acceptors (Lipinski definition) is 5. The second-order valence-electron chi connectivity index (χ2n) is 9.93. The van der Waals surface area contributed by atoms with Crippen molar-refractivity contribution < 1.29 is 19.5 Å². The van der Waals surface area contributed by atoms with E-state index in [1.165, 1.54) is 4.90 Å². The first-order valence-electron chi connectivity index (χ1n) is 12.2. The van der Waals surface area contributed by atoms with Gasteiger partial charge in [0.25, 0.3) is 0 Å². The number of hydrogen-bond donors (Lipinski definition) is 3. The van der Waals surface area contributed by atoms with Crippen molar-refractivity contribution in [2.24, 2.45) is 11.8 Å². The lowest BCUT2D eigenvalue weighted by Crippen LogP contribution is -2.53. The van der Waals surface area contributed by atoms with Gasteiger partial charge in [0.2, 0.25) is 17.7 Å². The summed E-state index contributed by atoms with van der Waals surface area (Å²) < 4.78 is -0.734. The first-order chi connectivity index (χ1) is 17.3. The summed E-state index contributed by atoms with van der Waals surface area (Å²) in [4.78, 5) is 42.6. The van der Waals surface area contributed by atoms with Crippen LogP contribution in [-0.4, -0.2) is 61.7 Å². The molecule has 190 valence electrons. The molecule has 9 heteroatoms.